The molecule has 3 heteroatoms. The Balaban J connectivity index is 3.31. The molecule has 0 amide bonds. The molecular formula is C7H11O3. The molecule has 57 valence electrons. The number of Topliss-reactive ketones (excluding diaryl/α,β-unsaturated/α-hetero) is 1. The van der Waals surface area contributed by atoms with E-state index in [4.69, 9.17) is 0 Å². The number of unbranched alkanes of at least 4 members (excludes halogenated alkanes) is 2. The third kappa shape index (κ3) is 4.06. The lowest BCUT2D eigenvalue weighted by molar-refractivity contribution is -0.153. The zero-order chi connectivity index (χ0) is 7.98. The Morgan fingerprint density at radius 3 is 2.20 bits per heavy atom. The second-order valence-electron chi connectivity index (χ2n) is 2.17. The van der Waals surface area contributed by atoms with Crippen LogP contribution >= 0.6 is 0 Å². The summed E-state index contributed by atoms with van der Waals surface area (Å²) in [6.45, 7) is 1.99. The third-order valence-electron chi connectivity index (χ3n) is 1.24. The first kappa shape index (κ1) is 9.14. The maximum atomic E-state index is 10.4. The van der Waals surface area contributed by atoms with E-state index in [2.05, 4.69) is 0 Å². The van der Waals surface area contributed by atoms with Gasteiger partial charge in [-0.1, -0.05) is 19.8 Å². The van der Waals surface area contributed by atoms with Gasteiger partial charge in [-0.3, -0.25) is 4.79 Å². The van der Waals surface area contributed by atoms with Crippen molar-refractivity contribution in [3.8, 4) is 0 Å². The standard InChI is InChI=1S/C7H11O3/c1-2-3-4-5-6(8)7(9)10/h2-5H2,1H3. The van der Waals surface area contributed by atoms with Crippen molar-refractivity contribution in [2.24, 2.45) is 0 Å². The smallest absolute Gasteiger partial charge is 0.287 e. The molecule has 0 heterocycles. The molecule has 0 saturated heterocycles. The Kier molecular flexibility index (Phi) is 4.54. The van der Waals surface area contributed by atoms with Crippen LogP contribution in [0.3, 0.4) is 0 Å². The maximum absolute atomic E-state index is 10.4. The van der Waals surface area contributed by atoms with Crippen molar-refractivity contribution in [3.63, 3.8) is 0 Å². The monoisotopic (exact) mass is 143 g/mol. The summed E-state index contributed by atoms with van der Waals surface area (Å²) in [5, 5.41) is 9.83. The second-order valence-corrected chi connectivity index (χ2v) is 2.17. The molecule has 0 rings (SSSR count). The predicted octanol–water partition coefficient (Wildman–Crippen LogP) is 1.09. The van der Waals surface area contributed by atoms with Gasteiger partial charge in [-0.05, 0) is 6.42 Å². The first-order chi connectivity index (χ1) is 4.68. The SMILES string of the molecule is CCCCCC(=O)C([O])=O. The fraction of sp³-hybridized carbons (Fsp3) is 0.714. The molecule has 0 atom stereocenters. The zero-order valence-corrected chi connectivity index (χ0v) is 6.05. The van der Waals surface area contributed by atoms with E-state index in [1.807, 2.05) is 6.92 Å². The quantitative estimate of drug-likeness (QED) is 0.427. The molecule has 0 aromatic carbocycles. The average molecular weight is 143 g/mol. The number of carbonyl (C=O) groups is 2. The first-order valence-electron chi connectivity index (χ1n) is 3.42. The minimum atomic E-state index is -1.56. The summed E-state index contributed by atoms with van der Waals surface area (Å²) in [4.78, 5) is 20.2. The van der Waals surface area contributed by atoms with Gasteiger partial charge in [-0.25, -0.2) is 9.90 Å². The molecule has 0 spiro atoms. The first-order valence-corrected chi connectivity index (χ1v) is 3.42. The molecule has 1 radical (unpaired) electrons. The Labute approximate surface area is 60.0 Å². The Hall–Kier alpha value is -0.860. The minimum Gasteiger partial charge on any atom is -0.287 e. The Morgan fingerprint density at radius 2 is 1.80 bits per heavy atom. The van der Waals surface area contributed by atoms with Gasteiger partial charge in [0.05, 0.1) is 0 Å². The van der Waals surface area contributed by atoms with E-state index in [9.17, 15) is 14.7 Å². The van der Waals surface area contributed by atoms with Gasteiger partial charge >= 0.3 is 5.97 Å². The van der Waals surface area contributed by atoms with Crippen molar-refractivity contribution in [3.05, 3.63) is 0 Å². The largest absolute Gasteiger partial charge is 0.421 e. The van der Waals surface area contributed by atoms with Gasteiger partial charge in [-0.2, -0.15) is 0 Å². The molecule has 0 fully saturated rings. The van der Waals surface area contributed by atoms with Crippen LogP contribution in [0.4, 0.5) is 0 Å². The van der Waals surface area contributed by atoms with Crippen molar-refractivity contribution in [1.82, 2.24) is 0 Å². The van der Waals surface area contributed by atoms with Crippen LogP contribution in [-0.2, 0) is 14.7 Å². The molecule has 0 aliphatic carbocycles. The minimum absolute atomic E-state index is 0.121. The third-order valence-corrected chi connectivity index (χ3v) is 1.24. The summed E-state index contributed by atoms with van der Waals surface area (Å²) in [6, 6.07) is 0. The highest BCUT2D eigenvalue weighted by atomic mass is 16.4. The molecule has 0 N–H and O–H groups in total. The molecule has 0 unspecified atom stereocenters. The van der Waals surface area contributed by atoms with Crippen LogP contribution in [0.15, 0.2) is 0 Å². The van der Waals surface area contributed by atoms with Crippen LogP contribution in [0, 0.1) is 0 Å². The topological polar surface area (TPSA) is 54.0 Å². The van der Waals surface area contributed by atoms with E-state index in [-0.39, 0.29) is 6.42 Å². The van der Waals surface area contributed by atoms with Crippen molar-refractivity contribution in [2.45, 2.75) is 32.6 Å². The lowest BCUT2D eigenvalue weighted by atomic mass is 10.1. The van der Waals surface area contributed by atoms with E-state index in [1.165, 1.54) is 0 Å². The molecule has 10 heavy (non-hydrogen) atoms. The number of hydrogen-bond donors (Lipinski definition) is 0. The molecule has 0 aliphatic rings. The van der Waals surface area contributed by atoms with E-state index in [0.717, 1.165) is 12.8 Å². The van der Waals surface area contributed by atoms with Crippen molar-refractivity contribution in [1.29, 1.82) is 0 Å². The summed E-state index contributed by atoms with van der Waals surface area (Å²) < 4.78 is 0. The van der Waals surface area contributed by atoms with Crippen molar-refractivity contribution < 1.29 is 14.7 Å². The fourth-order valence-corrected chi connectivity index (χ4v) is 0.638. The Morgan fingerprint density at radius 1 is 1.20 bits per heavy atom. The van der Waals surface area contributed by atoms with Gasteiger partial charge in [-0.15, -0.1) is 0 Å². The molecule has 3 nitrogen and oxygen atoms in total. The number of carbonyl (C=O) groups excluding carboxylic acids is 2. The van der Waals surface area contributed by atoms with E-state index in [0.29, 0.717) is 6.42 Å². The van der Waals surface area contributed by atoms with Gasteiger partial charge in [0.15, 0.2) is 0 Å². The lowest BCUT2D eigenvalue weighted by Gasteiger charge is -1.91. The van der Waals surface area contributed by atoms with Crippen LogP contribution in [0.1, 0.15) is 32.6 Å². The Bertz CT molecular complexity index is 129. The van der Waals surface area contributed by atoms with Crippen molar-refractivity contribution in [2.75, 3.05) is 0 Å². The average Bonchev–Trinajstić information content (AvgIpc) is 1.88. The molecule has 0 saturated carbocycles. The summed E-state index contributed by atoms with van der Waals surface area (Å²) in [5.41, 5.74) is 0. The molecule has 0 aromatic heterocycles. The van der Waals surface area contributed by atoms with Gasteiger partial charge in [0, 0.05) is 6.42 Å². The van der Waals surface area contributed by atoms with Crippen LogP contribution < -0.4 is 0 Å². The van der Waals surface area contributed by atoms with Crippen molar-refractivity contribution >= 4 is 11.8 Å². The molecular weight excluding hydrogens is 132 g/mol. The lowest BCUT2D eigenvalue weighted by Crippen LogP contribution is -2.10. The van der Waals surface area contributed by atoms with Crippen LogP contribution in [0.2, 0.25) is 0 Å². The molecule has 0 aliphatic heterocycles. The van der Waals surface area contributed by atoms with Gasteiger partial charge in [0.1, 0.15) is 0 Å². The van der Waals surface area contributed by atoms with Gasteiger partial charge < -0.3 is 0 Å². The molecule has 0 aromatic rings. The number of ketones is 1. The highest BCUT2D eigenvalue weighted by Gasteiger charge is 2.11. The van der Waals surface area contributed by atoms with E-state index in [1.54, 1.807) is 0 Å². The van der Waals surface area contributed by atoms with Crippen LogP contribution in [-0.4, -0.2) is 11.8 Å². The number of rotatable bonds is 5. The summed E-state index contributed by atoms with van der Waals surface area (Å²) >= 11 is 0. The second kappa shape index (κ2) is 4.97. The normalized spacial score (nSPS) is 9.30. The highest BCUT2D eigenvalue weighted by Crippen LogP contribution is 1.99. The highest BCUT2D eigenvalue weighted by molar-refractivity contribution is 6.32. The summed E-state index contributed by atoms with van der Waals surface area (Å²) in [7, 11) is 0. The number of hydrogen-bond acceptors (Lipinski definition) is 2. The van der Waals surface area contributed by atoms with Gasteiger partial charge in [0.2, 0.25) is 5.78 Å². The van der Waals surface area contributed by atoms with E-state index < -0.39 is 11.8 Å². The van der Waals surface area contributed by atoms with E-state index >= 15 is 0 Å². The van der Waals surface area contributed by atoms with Gasteiger partial charge in [0.25, 0.3) is 0 Å². The molecule has 0 bridgehead atoms. The fourth-order valence-electron chi connectivity index (χ4n) is 0.638. The summed E-state index contributed by atoms with van der Waals surface area (Å²) in [6.07, 6.45) is 2.67. The maximum Gasteiger partial charge on any atom is 0.421 e. The summed E-state index contributed by atoms with van der Waals surface area (Å²) in [5.74, 6) is -2.34. The van der Waals surface area contributed by atoms with Crippen LogP contribution in [0.25, 0.3) is 0 Å². The van der Waals surface area contributed by atoms with Crippen LogP contribution in [0.5, 0.6) is 0 Å². The predicted molar refractivity (Wildman–Crippen MR) is 34.8 cm³/mol. The zero-order valence-electron chi connectivity index (χ0n) is 6.05.